The standard InChI is InChI=1S/C13H20N2/c1-14-15(2)13-10-6-5-9-12(13)11-7-3-4-8-11/h5-6,9-11,14H,3-4,7-8H2,1-2H3. The Morgan fingerprint density at radius 1 is 1.20 bits per heavy atom. The molecule has 0 atom stereocenters. The molecule has 1 fully saturated rings. The number of hydrogen-bond donors (Lipinski definition) is 1. The Bertz CT molecular complexity index is 316. The van der Waals surface area contributed by atoms with Crippen LogP contribution in [0.4, 0.5) is 5.69 Å². The van der Waals surface area contributed by atoms with Crippen LogP contribution >= 0.6 is 0 Å². The highest BCUT2D eigenvalue weighted by Gasteiger charge is 2.20. The first kappa shape index (κ1) is 10.5. The number of nitrogens with zero attached hydrogens (tertiary/aromatic N) is 1. The van der Waals surface area contributed by atoms with E-state index in [1.807, 2.05) is 7.05 Å². The summed E-state index contributed by atoms with van der Waals surface area (Å²) in [6, 6.07) is 8.74. The number of hydrazine groups is 1. The molecule has 15 heavy (non-hydrogen) atoms. The van der Waals surface area contributed by atoms with Crippen LogP contribution in [-0.4, -0.2) is 14.1 Å². The first-order valence-corrected chi connectivity index (χ1v) is 5.83. The van der Waals surface area contributed by atoms with Gasteiger partial charge in [0.25, 0.3) is 0 Å². The second kappa shape index (κ2) is 4.67. The molecule has 1 aromatic carbocycles. The molecule has 0 saturated heterocycles. The smallest absolute Gasteiger partial charge is 0.0551 e. The Kier molecular flexibility index (Phi) is 3.27. The molecule has 82 valence electrons. The lowest BCUT2D eigenvalue weighted by molar-refractivity contribution is 0.706. The van der Waals surface area contributed by atoms with E-state index in [0.717, 1.165) is 5.92 Å². The molecule has 2 nitrogen and oxygen atoms in total. The van der Waals surface area contributed by atoms with Gasteiger partial charge in [0.1, 0.15) is 0 Å². The second-order valence-corrected chi connectivity index (χ2v) is 4.32. The van der Waals surface area contributed by atoms with Gasteiger partial charge in [-0.15, -0.1) is 0 Å². The molecule has 1 aliphatic rings. The molecular formula is C13H20N2. The number of rotatable bonds is 3. The van der Waals surface area contributed by atoms with Crippen molar-refractivity contribution in [2.24, 2.45) is 0 Å². The predicted molar refractivity (Wildman–Crippen MR) is 65.1 cm³/mol. The third-order valence-corrected chi connectivity index (χ3v) is 3.43. The van der Waals surface area contributed by atoms with Crippen LogP contribution in [0, 0.1) is 0 Å². The Labute approximate surface area is 92.3 Å². The molecule has 1 saturated carbocycles. The summed E-state index contributed by atoms with van der Waals surface area (Å²) in [5, 5.41) is 2.10. The van der Waals surface area contributed by atoms with E-state index in [-0.39, 0.29) is 0 Å². The fourth-order valence-electron chi connectivity index (χ4n) is 2.50. The van der Waals surface area contributed by atoms with Gasteiger partial charge in [-0.1, -0.05) is 31.0 Å². The Hall–Kier alpha value is -1.02. The summed E-state index contributed by atoms with van der Waals surface area (Å²) in [6.45, 7) is 0. The van der Waals surface area contributed by atoms with Gasteiger partial charge < -0.3 is 5.01 Å². The highest BCUT2D eigenvalue weighted by Crippen LogP contribution is 2.38. The molecule has 2 rings (SSSR count). The molecule has 0 spiro atoms. The van der Waals surface area contributed by atoms with Gasteiger partial charge in [0.2, 0.25) is 0 Å². The maximum atomic E-state index is 3.18. The minimum Gasteiger partial charge on any atom is -0.311 e. The second-order valence-electron chi connectivity index (χ2n) is 4.32. The average Bonchev–Trinajstić information content (AvgIpc) is 2.81. The molecule has 1 aliphatic carbocycles. The molecule has 0 bridgehead atoms. The summed E-state index contributed by atoms with van der Waals surface area (Å²) < 4.78 is 0. The van der Waals surface area contributed by atoms with Gasteiger partial charge in [-0.25, -0.2) is 5.43 Å². The maximum absolute atomic E-state index is 3.18. The average molecular weight is 204 g/mol. The molecule has 0 amide bonds. The van der Waals surface area contributed by atoms with Crippen molar-refractivity contribution in [3.8, 4) is 0 Å². The highest BCUT2D eigenvalue weighted by atomic mass is 15.5. The summed E-state index contributed by atoms with van der Waals surface area (Å²) in [6.07, 6.45) is 5.49. The van der Waals surface area contributed by atoms with Crippen molar-refractivity contribution in [1.82, 2.24) is 5.43 Å². The van der Waals surface area contributed by atoms with E-state index in [2.05, 4.69) is 41.7 Å². The SMILES string of the molecule is CNN(C)c1ccccc1C1CCCC1. The lowest BCUT2D eigenvalue weighted by Crippen LogP contribution is -2.31. The quantitative estimate of drug-likeness (QED) is 0.762. The first-order chi connectivity index (χ1) is 7.33. The number of nitrogens with one attached hydrogen (secondary N) is 1. The first-order valence-electron chi connectivity index (χ1n) is 5.83. The van der Waals surface area contributed by atoms with Crippen LogP contribution in [0.25, 0.3) is 0 Å². The summed E-state index contributed by atoms with van der Waals surface area (Å²) in [4.78, 5) is 0. The van der Waals surface area contributed by atoms with Crippen molar-refractivity contribution in [1.29, 1.82) is 0 Å². The van der Waals surface area contributed by atoms with Crippen molar-refractivity contribution in [3.05, 3.63) is 29.8 Å². The van der Waals surface area contributed by atoms with Gasteiger partial charge in [-0.05, 0) is 30.4 Å². The largest absolute Gasteiger partial charge is 0.311 e. The number of benzene rings is 1. The molecule has 2 heteroatoms. The molecule has 0 aliphatic heterocycles. The zero-order valence-corrected chi connectivity index (χ0v) is 9.66. The normalized spacial score (nSPS) is 16.9. The summed E-state index contributed by atoms with van der Waals surface area (Å²) in [5.74, 6) is 0.775. The topological polar surface area (TPSA) is 15.3 Å². The van der Waals surface area contributed by atoms with E-state index >= 15 is 0 Å². The van der Waals surface area contributed by atoms with Gasteiger partial charge in [0, 0.05) is 14.1 Å². The van der Waals surface area contributed by atoms with Gasteiger partial charge in [-0.3, -0.25) is 0 Å². The van der Waals surface area contributed by atoms with E-state index in [1.54, 1.807) is 0 Å². The summed E-state index contributed by atoms with van der Waals surface area (Å²) >= 11 is 0. The summed E-state index contributed by atoms with van der Waals surface area (Å²) in [7, 11) is 4.04. The molecule has 0 unspecified atom stereocenters. The fraction of sp³-hybridized carbons (Fsp3) is 0.538. The fourth-order valence-corrected chi connectivity index (χ4v) is 2.50. The van der Waals surface area contributed by atoms with E-state index in [9.17, 15) is 0 Å². The van der Waals surface area contributed by atoms with E-state index < -0.39 is 0 Å². The minimum atomic E-state index is 0.775. The maximum Gasteiger partial charge on any atom is 0.0551 e. The van der Waals surface area contributed by atoms with Crippen molar-refractivity contribution in [3.63, 3.8) is 0 Å². The molecule has 0 radical (unpaired) electrons. The van der Waals surface area contributed by atoms with E-state index in [4.69, 9.17) is 0 Å². The zero-order valence-electron chi connectivity index (χ0n) is 9.66. The molecular weight excluding hydrogens is 184 g/mol. The van der Waals surface area contributed by atoms with Gasteiger partial charge in [-0.2, -0.15) is 0 Å². The van der Waals surface area contributed by atoms with Crippen LogP contribution in [0.5, 0.6) is 0 Å². The van der Waals surface area contributed by atoms with E-state index in [0.29, 0.717) is 0 Å². The third-order valence-electron chi connectivity index (χ3n) is 3.43. The van der Waals surface area contributed by atoms with Crippen LogP contribution in [0.1, 0.15) is 37.2 Å². The molecule has 1 aromatic rings. The van der Waals surface area contributed by atoms with Crippen LogP contribution in [0.15, 0.2) is 24.3 Å². The lowest BCUT2D eigenvalue weighted by atomic mass is 9.96. The molecule has 1 N–H and O–H groups in total. The van der Waals surface area contributed by atoms with Crippen molar-refractivity contribution >= 4 is 5.69 Å². The Morgan fingerprint density at radius 2 is 1.87 bits per heavy atom. The van der Waals surface area contributed by atoms with Crippen molar-refractivity contribution < 1.29 is 0 Å². The van der Waals surface area contributed by atoms with Crippen LogP contribution in [0.3, 0.4) is 0 Å². The lowest BCUT2D eigenvalue weighted by Gasteiger charge is -2.23. The zero-order chi connectivity index (χ0) is 10.7. The van der Waals surface area contributed by atoms with Gasteiger partial charge in [0.05, 0.1) is 5.69 Å². The predicted octanol–water partition coefficient (Wildman–Crippen LogP) is 2.91. The highest BCUT2D eigenvalue weighted by molar-refractivity contribution is 5.53. The monoisotopic (exact) mass is 204 g/mol. The van der Waals surface area contributed by atoms with Crippen LogP contribution < -0.4 is 10.4 Å². The van der Waals surface area contributed by atoms with E-state index in [1.165, 1.54) is 36.9 Å². The van der Waals surface area contributed by atoms with Crippen LogP contribution in [-0.2, 0) is 0 Å². The summed E-state index contributed by atoms with van der Waals surface area (Å²) in [5.41, 5.74) is 6.01. The number of para-hydroxylation sites is 1. The Morgan fingerprint density at radius 3 is 2.53 bits per heavy atom. The third kappa shape index (κ3) is 2.15. The van der Waals surface area contributed by atoms with Crippen molar-refractivity contribution in [2.75, 3.05) is 19.1 Å². The van der Waals surface area contributed by atoms with Gasteiger partial charge in [0.15, 0.2) is 0 Å². The van der Waals surface area contributed by atoms with Crippen molar-refractivity contribution in [2.45, 2.75) is 31.6 Å². The van der Waals surface area contributed by atoms with Gasteiger partial charge >= 0.3 is 0 Å². The minimum absolute atomic E-state index is 0.775. The number of hydrogen-bond acceptors (Lipinski definition) is 2. The number of anilines is 1. The van der Waals surface area contributed by atoms with Crippen LogP contribution in [0.2, 0.25) is 0 Å². The molecule has 0 heterocycles. The Balaban J connectivity index is 2.28. The molecule has 0 aromatic heterocycles.